The molecule has 2 amide bonds. The van der Waals surface area contributed by atoms with E-state index in [1.807, 2.05) is 6.92 Å². The van der Waals surface area contributed by atoms with Crippen molar-refractivity contribution in [2.45, 2.75) is 37.5 Å². The first-order valence-electron chi connectivity index (χ1n) is 10.2. The average Bonchev–Trinajstić information content (AvgIpc) is 3.35. The lowest BCUT2D eigenvalue weighted by molar-refractivity contribution is -0.117. The third-order valence-corrected chi connectivity index (χ3v) is 7.02. The Hall–Kier alpha value is -3.07. The molecule has 4 rings (SSSR count). The zero-order chi connectivity index (χ0) is 22.2. The third kappa shape index (κ3) is 4.10. The van der Waals surface area contributed by atoms with Gasteiger partial charge in [-0.15, -0.1) is 0 Å². The Bertz CT molecular complexity index is 1150. The fraction of sp³-hybridized carbons (Fsp3) is 0.364. The summed E-state index contributed by atoms with van der Waals surface area (Å²) in [6, 6.07) is 9.61. The summed E-state index contributed by atoms with van der Waals surface area (Å²) in [5.41, 5.74) is 2.47. The molecular formula is C22H25N3O5S. The van der Waals surface area contributed by atoms with Crippen LogP contribution in [0.2, 0.25) is 0 Å². The average molecular weight is 444 g/mol. The maximum absolute atomic E-state index is 13.0. The summed E-state index contributed by atoms with van der Waals surface area (Å²) in [5, 5.41) is 0. The van der Waals surface area contributed by atoms with Gasteiger partial charge in [-0.2, -0.15) is 0 Å². The first kappa shape index (κ1) is 21.2. The maximum Gasteiger partial charge on any atom is 0.261 e. The topological polar surface area (TPSA) is 96.0 Å². The van der Waals surface area contributed by atoms with Crippen LogP contribution < -0.4 is 19.3 Å². The van der Waals surface area contributed by atoms with E-state index in [0.717, 1.165) is 24.1 Å². The predicted molar refractivity (Wildman–Crippen MR) is 118 cm³/mol. The van der Waals surface area contributed by atoms with Gasteiger partial charge in [0.25, 0.3) is 10.0 Å². The second-order valence-corrected chi connectivity index (χ2v) is 9.42. The van der Waals surface area contributed by atoms with Crippen LogP contribution in [0.4, 0.5) is 17.1 Å². The number of nitrogens with one attached hydrogen (secondary N) is 1. The van der Waals surface area contributed by atoms with Crippen LogP contribution in [0.3, 0.4) is 0 Å². The standard InChI is InChI=1S/C22H25N3O5S/c1-15-13-16(7-9-18(15)24-11-3-5-21(24)26)23-31(28,29)17-8-10-20(30-2)19(14-17)25-12-4-6-22(25)27/h7-10,13-14,23H,3-6,11-12H2,1-2H3. The molecule has 2 heterocycles. The second-order valence-electron chi connectivity index (χ2n) is 7.74. The fourth-order valence-corrected chi connectivity index (χ4v) is 5.16. The van der Waals surface area contributed by atoms with E-state index in [4.69, 9.17) is 4.74 Å². The molecule has 1 N–H and O–H groups in total. The van der Waals surface area contributed by atoms with Gasteiger partial charge in [-0.25, -0.2) is 8.42 Å². The Morgan fingerprint density at radius 3 is 2.10 bits per heavy atom. The summed E-state index contributed by atoms with van der Waals surface area (Å²) in [6.07, 6.45) is 2.52. The summed E-state index contributed by atoms with van der Waals surface area (Å²) < 4.78 is 34.0. The van der Waals surface area contributed by atoms with E-state index >= 15 is 0 Å². The number of hydrogen-bond acceptors (Lipinski definition) is 5. The summed E-state index contributed by atoms with van der Waals surface area (Å²) in [6.45, 7) is 3.06. The smallest absolute Gasteiger partial charge is 0.261 e. The van der Waals surface area contributed by atoms with Crippen LogP contribution in [0.25, 0.3) is 0 Å². The number of rotatable bonds is 6. The first-order chi connectivity index (χ1) is 14.8. The van der Waals surface area contributed by atoms with Gasteiger partial charge in [-0.1, -0.05) is 0 Å². The van der Waals surface area contributed by atoms with E-state index < -0.39 is 10.0 Å². The Balaban J connectivity index is 1.61. The quantitative estimate of drug-likeness (QED) is 0.740. The van der Waals surface area contributed by atoms with Crippen molar-refractivity contribution >= 4 is 38.9 Å². The van der Waals surface area contributed by atoms with Gasteiger partial charge >= 0.3 is 0 Å². The van der Waals surface area contributed by atoms with Crippen molar-refractivity contribution in [2.24, 2.45) is 0 Å². The molecule has 2 saturated heterocycles. The molecule has 9 heteroatoms. The van der Waals surface area contributed by atoms with E-state index in [9.17, 15) is 18.0 Å². The van der Waals surface area contributed by atoms with Crippen LogP contribution in [-0.4, -0.2) is 40.4 Å². The second kappa shape index (κ2) is 8.22. The van der Waals surface area contributed by atoms with Crippen molar-refractivity contribution in [1.82, 2.24) is 0 Å². The van der Waals surface area contributed by atoms with Crippen molar-refractivity contribution in [3.05, 3.63) is 42.0 Å². The number of carbonyl (C=O) groups is 2. The first-order valence-corrected chi connectivity index (χ1v) is 11.7. The van der Waals surface area contributed by atoms with Gasteiger partial charge in [0, 0.05) is 37.3 Å². The van der Waals surface area contributed by atoms with Gasteiger partial charge in [-0.05, 0) is 61.7 Å². The van der Waals surface area contributed by atoms with E-state index in [-0.39, 0.29) is 16.7 Å². The van der Waals surface area contributed by atoms with Crippen LogP contribution >= 0.6 is 0 Å². The molecule has 0 spiro atoms. The van der Waals surface area contributed by atoms with Crippen LogP contribution in [0.1, 0.15) is 31.2 Å². The van der Waals surface area contributed by atoms with Gasteiger partial charge in [0.1, 0.15) is 5.75 Å². The highest BCUT2D eigenvalue weighted by atomic mass is 32.2. The molecule has 2 aliphatic rings. The predicted octanol–water partition coefficient (Wildman–Crippen LogP) is 3.06. The fourth-order valence-electron chi connectivity index (χ4n) is 4.09. The largest absolute Gasteiger partial charge is 0.495 e. The summed E-state index contributed by atoms with van der Waals surface area (Å²) >= 11 is 0. The third-order valence-electron chi connectivity index (χ3n) is 5.64. The van der Waals surface area contributed by atoms with Gasteiger partial charge in [-0.3, -0.25) is 14.3 Å². The van der Waals surface area contributed by atoms with Crippen molar-refractivity contribution in [2.75, 3.05) is 34.7 Å². The number of amides is 2. The van der Waals surface area contributed by atoms with Crippen molar-refractivity contribution in [3.8, 4) is 5.75 Å². The molecule has 31 heavy (non-hydrogen) atoms. The highest BCUT2D eigenvalue weighted by Gasteiger charge is 2.27. The number of ether oxygens (including phenoxy) is 1. The Morgan fingerprint density at radius 2 is 1.55 bits per heavy atom. The highest BCUT2D eigenvalue weighted by molar-refractivity contribution is 7.92. The number of carbonyl (C=O) groups excluding carboxylic acids is 2. The molecule has 2 aromatic carbocycles. The molecule has 2 fully saturated rings. The molecule has 2 aliphatic heterocycles. The van der Waals surface area contributed by atoms with Crippen LogP contribution in [-0.2, 0) is 19.6 Å². The lowest BCUT2D eigenvalue weighted by Crippen LogP contribution is -2.25. The summed E-state index contributed by atoms with van der Waals surface area (Å²) in [7, 11) is -2.40. The number of benzene rings is 2. The number of sulfonamides is 1. The lowest BCUT2D eigenvalue weighted by atomic mass is 10.1. The monoisotopic (exact) mass is 443 g/mol. The SMILES string of the molecule is COc1ccc(S(=O)(=O)Nc2ccc(N3CCCC3=O)c(C)c2)cc1N1CCCC1=O. The van der Waals surface area contributed by atoms with Gasteiger partial charge in [0.05, 0.1) is 17.7 Å². The number of aryl methyl sites for hydroxylation is 1. The molecule has 164 valence electrons. The van der Waals surface area contributed by atoms with Crippen molar-refractivity contribution in [1.29, 1.82) is 0 Å². The molecule has 0 radical (unpaired) electrons. The molecule has 0 bridgehead atoms. The maximum atomic E-state index is 13.0. The minimum atomic E-state index is -3.89. The number of anilines is 3. The highest BCUT2D eigenvalue weighted by Crippen LogP contribution is 2.34. The van der Waals surface area contributed by atoms with Crippen molar-refractivity contribution < 1.29 is 22.7 Å². The van der Waals surface area contributed by atoms with Crippen LogP contribution in [0, 0.1) is 6.92 Å². The van der Waals surface area contributed by atoms with Gasteiger partial charge in [0.2, 0.25) is 11.8 Å². The molecule has 2 aromatic rings. The number of nitrogens with zero attached hydrogens (tertiary/aromatic N) is 2. The summed E-state index contributed by atoms with van der Waals surface area (Å²) in [4.78, 5) is 27.5. The molecule has 0 aliphatic carbocycles. The van der Waals surface area contributed by atoms with Crippen molar-refractivity contribution in [3.63, 3.8) is 0 Å². The minimum absolute atomic E-state index is 0.0412. The Labute approximate surface area is 181 Å². The van der Waals surface area contributed by atoms with E-state index in [0.29, 0.717) is 43.1 Å². The zero-order valence-electron chi connectivity index (χ0n) is 17.6. The molecule has 0 aromatic heterocycles. The Morgan fingerprint density at radius 1 is 0.903 bits per heavy atom. The number of hydrogen-bond donors (Lipinski definition) is 1. The molecular weight excluding hydrogens is 418 g/mol. The summed E-state index contributed by atoms with van der Waals surface area (Å²) in [5.74, 6) is 0.479. The van der Waals surface area contributed by atoms with Crippen LogP contribution in [0.15, 0.2) is 41.3 Å². The van der Waals surface area contributed by atoms with E-state index in [2.05, 4.69) is 4.72 Å². The Kier molecular flexibility index (Phi) is 5.62. The number of methoxy groups -OCH3 is 1. The van der Waals surface area contributed by atoms with E-state index in [1.54, 1.807) is 34.1 Å². The molecule has 0 atom stereocenters. The molecule has 0 unspecified atom stereocenters. The van der Waals surface area contributed by atoms with E-state index in [1.165, 1.54) is 19.2 Å². The molecule has 8 nitrogen and oxygen atoms in total. The molecule has 0 saturated carbocycles. The minimum Gasteiger partial charge on any atom is -0.495 e. The normalized spacial score (nSPS) is 16.8. The van der Waals surface area contributed by atoms with Gasteiger partial charge in [0.15, 0.2) is 0 Å². The van der Waals surface area contributed by atoms with Gasteiger partial charge < -0.3 is 14.5 Å². The van der Waals surface area contributed by atoms with Crippen LogP contribution in [0.5, 0.6) is 5.75 Å². The lowest BCUT2D eigenvalue weighted by Gasteiger charge is -2.21. The zero-order valence-corrected chi connectivity index (χ0v) is 18.4.